The number of carbonyl (C=O) groups is 1. The molecule has 4 aromatic rings. The second-order valence-corrected chi connectivity index (χ2v) is 8.90. The van der Waals surface area contributed by atoms with Crippen molar-refractivity contribution in [2.24, 2.45) is 5.92 Å². The molecule has 1 fully saturated rings. The normalized spacial score (nSPS) is 15.7. The van der Waals surface area contributed by atoms with E-state index in [9.17, 15) is 4.79 Å². The maximum Gasteiger partial charge on any atom is 0.257 e. The van der Waals surface area contributed by atoms with Crippen LogP contribution in [-0.4, -0.2) is 41.0 Å². The van der Waals surface area contributed by atoms with Crippen LogP contribution in [-0.2, 0) is 13.0 Å². The highest BCUT2D eigenvalue weighted by molar-refractivity contribution is 5.98. The van der Waals surface area contributed by atoms with E-state index in [-0.39, 0.29) is 12.5 Å². The highest BCUT2D eigenvalue weighted by Crippen LogP contribution is 2.34. The Morgan fingerprint density at radius 3 is 2.74 bits per heavy atom. The molecule has 6 nitrogen and oxygen atoms in total. The highest BCUT2D eigenvalue weighted by atomic mass is 16.5. The molecule has 178 valence electrons. The second-order valence-electron chi connectivity index (χ2n) is 8.90. The number of aromatic nitrogens is 2. The first-order chi connectivity index (χ1) is 17.2. The summed E-state index contributed by atoms with van der Waals surface area (Å²) in [7, 11) is 1.59. The van der Waals surface area contributed by atoms with Crippen LogP contribution in [0.3, 0.4) is 0 Å². The number of carbonyl (C=O) groups excluding carboxylic acids is 1. The molecular weight excluding hydrogens is 438 g/mol. The van der Waals surface area contributed by atoms with E-state index in [0.717, 1.165) is 37.0 Å². The number of fused-ring (bicyclic) bond motifs is 1. The predicted octanol–water partition coefficient (Wildman–Crippen LogP) is 5.31. The van der Waals surface area contributed by atoms with E-state index >= 15 is 0 Å². The number of benzene rings is 2. The summed E-state index contributed by atoms with van der Waals surface area (Å²) < 4.78 is 11.6. The summed E-state index contributed by atoms with van der Waals surface area (Å²) in [4.78, 5) is 24.4. The number of para-hydroxylation sites is 1. The van der Waals surface area contributed by atoms with Crippen LogP contribution in [0.25, 0.3) is 10.9 Å². The van der Waals surface area contributed by atoms with Crippen LogP contribution in [0.4, 0.5) is 0 Å². The lowest BCUT2D eigenvalue weighted by Gasteiger charge is -2.33. The number of likely N-dealkylation sites (tertiary alicyclic amines) is 1. The van der Waals surface area contributed by atoms with E-state index in [1.54, 1.807) is 13.3 Å². The Morgan fingerprint density at radius 2 is 1.89 bits per heavy atom. The number of hydrogen-bond acceptors (Lipinski definition) is 5. The third-order valence-electron chi connectivity index (χ3n) is 6.57. The van der Waals surface area contributed by atoms with Gasteiger partial charge in [0.2, 0.25) is 0 Å². The van der Waals surface area contributed by atoms with Crippen molar-refractivity contribution in [1.82, 2.24) is 14.9 Å². The van der Waals surface area contributed by atoms with Crippen LogP contribution in [0.2, 0.25) is 0 Å². The Balaban J connectivity index is 1.34. The van der Waals surface area contributed by atoms with Crippen molar-refractivity contribution in [2.75, 3.05) is 20.2 Å². The average molecular weight is 468 g/mol. The third-order valence-corrected chi connectivity index (χ3v) is 6.57. The van der Waals surface area contributed by atoms with Gasteiger partial charge in [-0.3, -0.25) is 14.8 Å². The summed E-state index contributed by atoms with van der Waals surface area (Å²) >= 11 is 0. The van der Waals surface area contributed by atoms with Crippen molar-refractivity contribution in [3.05, 3.63) is 95.9 Å². The van der Waals surface area contributed by atoms with Crippen molar-refractivity contribution in [3.8, 4) is 11.5 Å². The Morgan fingerprint density at radius 1 is 1.00 bits per heavy atom. The number of piperidine rings is 1. The second kappa shape index (κ2) is 10.6. The molecule has 5 rings (SSSR count). The van der Waals surface area contributed by atoms with Gasteiger partial charge in [-0.05, 0) is 67.1 Å². The molecule has 0 N–H and O–H groups in total. The van der Waals surface area contributed by atoms with Gasteiger partial charge in [-0.15, -0.1) is 0 Å². The summed E-state index contributed by atoms with van der Waals surface area (Å²) in [6, 6.07) is 21.6. The average Bonchev–Trinajstić information content (AvgIpc) is 2.92. The molecule has 3 heterocycles. The minimum atomic E-state index is -0.0239. The van der Waals surface area contributed by atoms with E-state index in [0.29, 0.717) is 29.5 Å². The Kier molecular flexibility index (Phi) is 6.89. The number of pyridine rings is 2. The zero-order valence-corrected chi connectivity index (χ0v) is 19.9. The first-order valence-corrected chi connectivity index (χ1v) is 12.0. The monoisotopic (exact) mass is 467 g/mol. The maximum atomic E-state index is 13.7. The van der Waals surface area contributed by atoms with Gasteiger partial charge in [-0.2, -0.15) is 0 Å². The molecule has 2 aromatic carbocycles. The minimum Gasteiger partial charge on any atom is -0.493 e. The molecule has 1 atom stereocenters. The summed E-state index contributed by atoms with van der Waals surface area (Å²) in [5, 5.41) is 1.19. The molecule has 0 aliphatic carbocycles. The summed E-state index contributed by atoms with van der Waals surface area (Å²) in [5.41, 5.74) is 3.62. The molecule has 1 saturated heterocycles. The standard InChI is InChI=1S/C29H29N3O3/c1-34-27-14-5-11-25(28(27)35-20-23-10-2-3-15-30-23)29(33)32-17-7-8-21(19-32)18-22-9-4-13-26-24(22)12-6-16-31-26/h2-6,9-16,21H,7-8,17-20H2,1H3/t21-/m1/s1. The van der Waals surface area contributed by atoms with Crippen LogP contribution < -0.4 is 9.47 Å². The number of nitrogens with zero attached hydrogens (tertiary/aromatic N) is 3. The van der Waals surface area contributed by atoms with Crippen molar-refractivity contribution in [2.45, 2.75) is 25.9 Å². The molecule has 6 heteroatoms. The van der Waals surface area contributed by atoms with Gasteiger partial charge in [0.15, 0.2) is 11.5 Å². The van der Waals surface area contributed by atoms with Gasteiger partial charge in [-0.25, -0.2) is 0 Å². The molecule has 1 amide bonds. The lowest BCUT2D eigenvalue weighted by atomic mass is 9.89. The molecule has 35 heavy (non-hydrogen) atoms. The molecule has 0 bridgehead atoms. The first kappa shape index (κ1) is 22.8. The molecule has 0 saturated carbocycles. The van der Waals surface area contributed by atoms with Crippen molar-refractivity contribution in [1.29, 1.82) is 0 Å². The Labute approximate surface area is 205 Å². The largest absolute Gasteiger partial charge is 0.493 e. The Hall–Kier alpha value is -3.93. The lowest BCUT2D eigenvalue weighted by molar-refractivity contribution is 0.0668. The zero-order valence-electron chi connectivity index (χ0n) is 19.9. The molecule has 0 unspecified atom stereocenters. The van der Waals surface area contributed by atoms with Crippen molar-refractivity contribution >= 4 is 16.8 Å². The summed E-state index contributed by atoms with van der Waals surface area (Å²) in [5.74, 6) is 1.38. The number of amides is 1. The van der Waals surface area contributed by atoms with E-state index in [4.69, 9.17) is 9.47 Å². The number of methoxy groups -OCH3 is 1. The van der Waals surface area contributed by atoms with Gasteiger partial charge >= 0.3 is 0 Å². The van der Waals surface area contributed by atoms with Crippen LogP contribution in [0, 0.1) is 5.92 Å². The lowest BCUT2D eigenvalue weighted by Crippen LogP contribution is -2.40. The fourth-order valence-corrected chi connectivity index (χ4v) is 4.87. The summed E-state index contributed by atoms with van der Waals surface area (Å²) in [6.45, 7) is 1.72. The number of rotatable bonds is 7. The summed E-state index contributed by atoms with van der Waals surface area (Å²) in [6.07, 6.45) is 6.56. The molecule has 1 aliphatic heterocycles. The van der Waals surface area contributed by atoms with Gasteiger partial charge in [0.05, 0.1) is 23.9 Å². The van der Waals surface area contributed by atoms with Crippen LogP contribution in [0.5, 0.6) is 11.5 Å². The molecule has 0 radical (unpaired) electrons. The molecule has 0 spiro atoms. The van der Waals surface area contributed by atoms with Crippen LogP contribution in [0.15, 0.2) is 79.1 Å². The van der Waals surface area contributed by atoms with E-state index in [1.807, 2.05) is 59.6 Å². The van der Waals surface area contributed by atoms with Gasteiger partial charge < -0.3 is 14.4 Å². The van der Waals surface area contributed by atoms with E-state index in [2.05, 4.69) is 28.2 Å². The number of hydrogen-bond donors (Lipinski definition) is 0. The van der Waals surface area contributed by atoms with E-state index < -0.39 is 0 Å². The quantitative estimate of drug-likeness (QED) is 0.368. The topological polar surface area (TPSA) is 64.5 Å². The van der Waals surface area contributed by atoms with Gasteiger partial charge in [0.25, 0.3) is 5.91 Å². The molecule has 1 aliphatic rings. The molecular formula is C29H29N3O3. The Bertz CT molecular complexity index is 1300. The van der Waals surface area contributed by atoms with Crippen LogP contribution >= 0.6 is 0 Å². The molecule has 2 aromatic heterocycles. The fraction of sp³-hybridized carbons (Fsp3) is 0.276. The smallest absolute Gasteiger partial charge is 0.257 e. The van der Waals surface area contributed by atoms with E-state index in [1.165, 1.54) is 10.9 Å². The minimum absolute atomic E-state index is 0.0239. The van der Waals surface area contributed by atoms with Gasteiger partial charge in [0, 0.05) is 30.9 Å². The van der Waals surface area contributed by atoms with Crippen molar-refractivity contribution in [3.63, 3.8) is 0 Å². The first-order valence-electron chi connectivity index (χ1n) is 12.0. The van der Waals surface area contributed by atoms with Crippen LogP contribution in [0.1, 0.15) is 34.5 Å². The van der Waals surface area contributed by atoms with Gasteiger partial charge in [-0.1, -0.05) is 30.3 Å². The van der Waals surface area contributed by atoms with Gasteiger partial charge in [0.1, 0.15) is 6.61 Å². The zero-order chi connectivity index (χ0) is 24.0. The third kappa shape index (κ3) is 5.11. The SMILES string of the molecule is COc1cccc(C(=O)N2CCC[C@H](Cc3cccc4ncccc34)C2)c1OCc1ccccn1. The number of ether oxygens (including phenoxy) is 2. The highest BCUT2D eigenvalue weighted by Gasteiger charge is 2.28. The maximum absolute atomic E-state index is 13.7. The van der Waals surface area contributed by atoms with Crippen molar-refractivity contribution < 1.29 is 14.3 Å². The predicted molar refractivity (Wildman–Crippen MR) is 136 cm³/mol. The fourth-order valence-electron chi connectivity index (χ4n) is 4.87.